The van der Waals surface area contributed by atoms with Gasteiger partial charge in [-0.3, -0.25) is 14.3 Å². The number of anilines is 1. The first-order valence-corrected chi connectivity index (χ1v) is 11.2. The van der Waals surface area contributed by atoms with Crippen molar-refractivity contribution in [1.82, 2.24) is 15.1 Å². The van der Waals surface area contributed by atoms with E-state index in [1.54, 1.807) is 29.9 Å². The second-order valence-corrected chi connectivity index (χ2v) is 8.78. The molecule has 2 atom stereocenters. The Morgan fingerprint density at radius 2 is 1.76 bits per heavy atom. The molecule has 2 aromatic carbocycles. The Bertz CT molecular complexity index is 1230. The van der Waals surface area contributed by atoms with E-state index in [4.69, 9.17) is 9.47 Å². The predicted molar refractivity (Wildman–Crippen MR) is 130 cm³/mol. The maximum Gasteiger partial charge on any atom is 0.252 e. The van der Waals surface area contributed by atoms with E-state index in [0.717, 1.165) is 16.8 Å². The van der Waals surface area contributed by atoms with Crippen LogP contribution in [-0.2, 0) is 11.8 Å². The van der Waals surface area contributed by atoms with Gasteiger partial charge >= 0.3 is 0 Å². The number of amides is 2. The predicted octanol–water partition coefficient (Wildman–Crippen LogP) is 3.75. The van der Waals surface area contributed by atoms with Crippen molar-refractivity contribution >= 4 is 17.6 Å². The summed E-state index contributed by atoms with van der Waals surface area (Å²) in [7, 11) is 4.85. The smallest absolute Gasteiger partial charge is 0.252 e. The number of nitrogens with one attached hydrogen (secondary N) is 2. The standard InChI is InChI=1S/C26H30N4O4/c1-14(2)16-7-9-17(10-8-16)22-21-15(3)29-30(4)24(21)28-26(32)23(22)27-25(31)18-11-12-19(33-5)20(13-18)34-6/h7-14,22-23H,1-6H3,(H,27,31)(H,28,32)/t22-,23+/m1/s1. The summed E-state index contributed by atoms with van der Waals surface area (Å²) < 4.78 is 12.3. The normalized spacial score (nSPS) is 17.2. The van der Waals surface area contributed by atoms with Crippen molar-refractivity contribution in [3.8, 4) is 11.5 Å². The topological polar surface area (TPSA) is 94.5 Å². The van der Waals surface area contributed by atoms with Crippen molar-refractivity contribution in [2.75, 3.05) is 19.5 Å². The average Bonchev–Trinajstić information content (AvgIpc) is 3.11. The van der Waals surface area contributed by atoms with Gasteiger partial charge in [-0.05, 0) is 42.2 Å². The maximum absolute atomic E-state index is 13.3. The highest BCUT2D eigenvalue weighted by Gasteiger charge is 2.41. The lowest BCUT2D eigenvalue weighted by molar-refractivity contribution is -0.118. The van der Waals surface area contributed by atoms with Crippen molar-refractivity contribution < 1.29 is 19.1 Å². The van der Waals surface area contributed by atoms with Gasteiger partial charge < -0.3 is 20.1 Å². The number of carbonyl (C=O) groups excluding carboxylic acids is 2. The van der Waals surface area contributed by atoms with Crippen LogP contribution in [-0.4, -0.2) is 41.9 Å². The Hall–Kier alpha value is -3.81. The largest absolute Gasteiger partial charge is 0.493 e. The number of methoxy groups -OCH3 is 2. The minimum absolute atomic E-state index is 0.290. The monoisotopic (exact) mass is 462 g/mol. The van der Waals surface area contributed by atoms with Crippen molar-refractivity contribution in [3.05, 3.63) is 70.4 Å². The molecule has 178 valence electrons. The molecule has 0 spiro atoms. The summed E-state index contributed by atoms with van der Waals surface area (Å²) >= 11 is 0. The second kappa shape index (κ2) is 9.21. The summed E-state index contributed by atoms with van der Waals surface area (Å²) in [5.41, 5.74) is 4.22. The Labute approximate surface area is 199 Å². The van der Waals surface area contributed by atoms with Crippen LogP contribution in [0.2, 0.25) is 0 Å². The SMILES string of the molecule is COc1ccc(C(=O)N[C@@H]2C(=O)Nc3c(c(C)nn3C)[C@H]2c2ccc(C(C)C)cc2)cc1OC. The summed E-state index contributed by atoms with van der Waals surface area (Å²) in [4.78, 5) is 26.5. The maximum atomic E-state index is 13.3. The second-order valence-electron chi connectivity index (χ2n) is 8.78. The van der Waals surface area contributed by atoms with E-state index in [-0.39, 0.29) is 17.7 Å². The van der Waals surface area contributed by atoms with Crippen LogP contribution >= 0.6 is 0 Å². The zero-order valence-electron chi connectivity index (χ0n) is 20.3. The van der Waals surface area contributed by atoms with Crippen LogP contribution in [0.1, 0.15) is 58.4 Å². The lowest BCUT2D eigenvalue weighted by Crippen LogP contribution is -2.50. The number of hydrogen-bond acceptors (Lipinski definition) is 5. The van der Waals surface area contributed by atoms with Gasteiger partial charge in [0, 0.05) is 24.1 Å². The zero-order valence-corrected chi connectivity index (χ0v) is 20.3. The van der Waals surface area contributed by atoms with E-state index in [0.29, 0.717) is 28.8 Å². The average molecular weight is 463 g/mol. The number of carbonyl (C=O) groups is 2. The number of fused-ring (bicyclic) bond motifs is 1. The third-order valence-electron chi connectivity index (χ3n) is 6.33. The van der Waals surface area contributed by atoms with Gasteiger partial charge in [0.05, 0.1) is 19.9 Å². The van der Waals surface area contributed by atoms with Gasteiger partial charge in [-0.25, -0.2) is 0 Å². The lowest BCUT2D eigenvalue weighted by Gasteiger charge is -2.32. The van der Waals surface area contributed by atoms with Crippen molar-refractivity contribution in [2.24, 2.45) is 7.05 Å². The number of aromatic nitrogens is 2. The van der Waals surface area contributed by atoms with Crippen molar-refractivity contribution in [2.45, 2.75) is 38.6 Å². The number of rotatable bonds is 6. The summed E-state index contributed by atoms with van der Waals surface area (Å²) in [6.07, 6.45) is 0. The molecule has 0 bridgehead atoms. The van der Waals surface area contributed by atoms with Crippen LogP contribution in [0.4, 0.5) is 5.82 Å². The van der Waals surface area contributed by atoms with E-state index in [1.165, 1.54) is 19.8 Å². The van der Waals surface area contributed by atoms with E-state index >= 15 is 0 Å². The van der Waals surface area contributed by atoms with Gasteiger partial charge in [0.1, 0.15) is 11.9 Å². The fraction of sp³-hybridized carbons (Fsp3) is 0.346. The molecule has 34 heavy (non-hydrogen) atoms. The molecule has 4 rings (SSSR count). The van der Waals surface area contributed by atoms with Crippen molar-refractivity contribution in [3.63, 3.8) is 0 Å². The summed E-state index contributed by atoms with van der Waals surface area (Å²) in [6.45, 7) is 6.19. The minimum Gasteiger partial charge on any atom is -0.493 e. The van der Waals surface area contributed by atoms with Crippen LogP contribution in [0.25, 0.3) is 0 Å². The first-order valence-electron chi connectivity index (χ1n) is 11.2. The van der Waals surface area contributed by atoms with Gasteiger partial charge in [0.25, 0.3) is 5.91 Å². The zero-order chi connectivity index (χ0) is 24.6. The molecular formula is C26H30N4O4. The molecular weight excluding hydrogens is 432 g/mol. The van der Waals surface area contributed by atoms with E-state index in [9.17, 15) is 9.59 Å². The quantitative estimate of drug-likeness (QED) is 0.582. The van der Waals surface area contributed by atoms with Crippen LogP contribution in [0, 0.1) is 6.92 Å². The molecule has 0 aliphatic carbocycles. The molecule has 2 amide bonds. The Morgan fingerprint density at radius 3 is 2.38 bits per heavy atom. The summed E-state index contributed by atoms with van der Waals surface area (Å²) in [5.74, 6) is 0.944. The van der Waals surface area contributed by atoms with E-state index in [2.05, 4.69) is 41.7 Å². The van der Waals surface area contributed by atoms with E-state index < -0.39 is 6.04 Å². The lowest BCUT2D eigenvalue weighted by atomic mass is 9.81. The molecule has 1 aliphatic rings. The molecule has 0 fully saturated rings. The number of aryl methyl sites for hydroxylation is 2. The Kier molecular flexibility index (Phi) is 6.32. The van der Waals surface area contributed by atoms with Crippen LogP contribution in [0.3, 0.4) is 0 Å². The third kappa shape index (κ3) is 4.11. The highest BCUT2D eigenvalue weighted by molar-refractivity contribution is 6.04. The molecule has 2 heterocycles. The number of hydrogen-bond donors (Lipinski definition) is 2. The summed E-state index contributed by atoms with van der Waals surface area (Å²) in [5, 5.41) is 10.4. The van der Waals surface area contributed by atoms with Crippen LogP contribution in [0.5, 0.6) is 11.5 Å². The van der Waals surface area contributed by atoms with Gasteiger partial charge in [0.15, 0.2) is 11.5 Å². The van der Waals surface area contributed by atoms with Gasteiger partial charge in [-0.1, -0.05) is 38.1 Å². The third-order valence-corrected chi connectivity index (χ3v) is 6.33. The fourth-order valence-corrected chi connectivity index (χ4v) is 4.51. The molecule has 3 aromatic rings. The Balaban J connectivity index is 1.74. The van der Waals surface area contributed by atoms with E-state index in [1.807, 2.05) is 19.1 Å². The molecule has 0 radical (unpaired) electrons. The van der Waals surface area contributed by atoms with Crippen LogP contribution < -0.4 is 20.1 Å². The first-order chi connectivity index (χ1) is 16.2. The minimum atomic E-state index is -0.819. The van der Waals surface area contributed by atoms with Gasteiger partial charge in [-0.15, -0.1) is 0 Å². The molecule has 2 N–H and O–H groups in total. The molecule has 8 heteroatoms. The number of nitrogens with zero attached hydrogens (tertiary/aromatic N) is 2. The van der Waals surface area contributed by atoms with Crippen molar-refractivity contribution in [1.29, 1.82) is 0 Å². The first kappa shape index (κ1) is 23.4. The molecule has 0 saturated heterocycles. The summed E-state index contributed by atoms with van der Waals surface area (Å²) in [6, 6.07) is 12.3. The molecule has 1 aliphatic heterocycles. The fourth-order valence-electron chi connectivity index (χ4n) is 4.51. The Morgan fingerprint density at radius 1 is 1.09 bits per heavy atom. The molecule has 0 saturated carbocycles. The molecule has 0 unspecified atom stereocenters. The number of ether oxygens (including phenoxy) is 2. The highest BCUT2D eigenvalue weighted by atomic mass is 16.5. The highest BCUT2D eigenvalue weighted by Crippen LogP contribution is 2.39. The van der Waals surface area contributed by atoms with Gasteiger partial charge in [-0.2, -0.15) is 5.10 Å². The molecule has 8 nitrogen and oxygen atoms in total. The molecule has 1 aromatic heterocycles. The number of benzene rings is 2. The van der Waals surface area contributed by atoms with Gasteiger partial charge in [0.2, 0.25) is 5.91 Å². The van der Waals surface area contributed by atoms with Crippen LogP contribution in [0.15, 0.2) is 42.5 Å².